The molecule has 0 rings (SSSR count). The van der Waals surface area contributed by atoms with Gasteiger partial charge in [0.25, 0.3) is 0 Å². The number of carbonyl (C=O) groups is 2. The fourth-order valence-electron chi connectivity index (χ4n) is 2.28. The maximum Gasteiger partial charge on any atom is 0.305 e. The molecule has 0 bridgehead atoms. The van der Waals surface area contributed by atoms with Gasteiger partial charge in [-0.25, -0.2) is 0 Å². The number of carbonyl (C=O) groups excluding carboxylic acids is 2. The predicted molar refractivity (Wildman–Crippen MR) is 97.8 cm³/mol. The first-order valence-corrected chi connectivity index (χ1v) is 9.91. The van der Waals surface area contributed by atoms with Gasteiger partial charge in [0.2, 0.25) is 0 Å². The van der Waals surface area contributed by atoms with Crippen molar-refractivity contribution in [1.82, 2.24) is 0 Å². The van der Waals surface area contributed by atoms with Crippen molar-refractivity contribution in [3.05, 3.63) is 0 Å². The van der Waals surface area contributed by atoms with E-state index in [-0.39, 0.29) is 11.9 Å². The minimum Gasteiger partial charge on any atom is -0.466 e. The van der Waals surface area contributed by atoms with Crippen LogP contribution in [0.1, 0.15) is 97.8 Å². The van der Waals surface area contributed by atoms with Gasteiger partial charge in [-0.05, 0) is 25.2 Å². The molecule has 0 aromatic rings. The van der Waals surface area contributed by atoms with Crippen molar-refractivity contribution in [2.45, 2.75) is 97.8 Å². The summed E-state index contributed by atoms with van der Waals surface area (Å²) in [6, 6.07) is 0. The number of rotatable bonds is 16. The third-order valence-electron chi connectivity index (χ3n) is 4.25. The van der Waals surface area contributed by atoms with Crippen LogP contribution in [0.4, 0.5) is 0 Å². The summed E-state index contributed by atoms with van der Waals surface area (Å²) in [5.74, 6) is 0.323. The van der Waals surface area contributed by atoms with E-state index in [0.717, 1.165) is 64.2 Å². The van der Waals surface area contributed by atoms with E-state index >= 15 is 0 Å². The van der Waals surface area contributed by atoms with E-state index in [4.69, 9.17) is 9.47 Å². The van der Waals surface area contributed by atoms with Gasteiger partial charge in [-0.2, -0.15) is 0 Å². The summed E-state index contributed by atoms with van der Waals surface area (Å²) >= 11 is 0. The summed E-state index contributed by atoms with van der Waals surface area (Å²) in [7, 11) is 0. The van der Waals surface area contributed by atoms with E-state index in [1.807, 2.05) is 0 Å². The van der Waals surface area contributed by atoms with Crippen molar-refractivity contribution in [1.29, 1.82) is 0 Å². The summed E-state index contributed by atoms with van der Waals surface area (Å²) in [6.45, 7) is 7.44. The van der Waals surface area contributed by atoms with Crippen LogP contribution in [-0.2, 0) is 19.1 Å². The molecular formula is C20H38O4. The maximum absolute atomic E-state index is 11.5. The molecule has 0 radical (unpaired) electrons. The SMILES string of the molecule is CCCCCOC(=O)CCCCCCCCC(=O)OCC(C)CC. The molecule has 24 heavy (non-hydrogen) atoms. The van der Waals surface area contributed by atoms with Crippen LogP contribution >= 0.6 is 0 Å². The summed E-state index contributed by atoms with van der Waals surface area (Å²) in [5, 5.41) is 0. The van der Waals surface area contributed by atoms with Gasteiger partial charge in [0.1, 0.15) is 0 Å². The normalized spacial score (nSPS) is 12.0. The Balaban J connectivity index is 3.30. The Kier molecular flexibility index (Phi) is 16.0. The first-order valence-electron chi connectivity index (χ1n) is 9.91. The molecule has 0 aromatic heterocycles. The molecule has 0 fully saturated rings. The molecule has 0 aliphatic rings. The van der Waals surface area contributed by atoms with Crippen molar-refractivity contribution >= 4 is 11.9 Å². The highest BCUT2D eigenvalue weighted by molar-refractivity contribution is 5.69. The number of hydrogen-bond donors (Lipinski definition) is 0. The van der Waals surface area contributed by atoms with Crippen LogP contribution < -0.4 is 0 Å². The fourth-order valence-corrected chi connectivity index (χ4v) is 2.28. The number of ether oxygens (including phenoxy) is 2. The van der Waals surface area contributed by atoms with Crippen molar-refractivity contribution in [2.24, 2.45) is 5.92 Å². The molecule has 0 spiro atoms. The lowest BCUT2D eigenvalue weighted by Crippen LogP contribution is -2.11. The molecule has 0 heterocycles. The molecule has 4 heteroatoms. The highest BCUT2D eigenvalue weighted by Crippen LogP contribution is 2.10. The Morgan fingerprint density at radius 2 is 1.29 bits per heavy atom. The summed E-state index contributed by atoms with van der Waals surface area (Å²) in [6.07, 6.45) is 11.5. The molecule has 0 saturated heterocycles. The van der Waals surface area contributed by atoms with Crippen molar-refractivity contribution in [3.63, 3.8) is 0 Å². The average molecular weight is 343 g/mol. The smallest absolute Gasteiger partial charge is 0.305 e. The van der Waals surface area contributed by atoms with Gasteiger partial charge in [0.15, 0.2) is 0 Å². The summed E-state index contributed by atoms with van der Waals surface area (Å²) in [5.41, 5.74) is 0. The lowest BCUT2D eigenvalue weighted by molar-refractivity contribution is -0.145. The fraction of sp³-hybridized carbons (Fsp3) is 0.900. The van der Waals surface area contributed by atoms with Gasteiger partial charge in [-0.1, -0.05) is 65.7 Å². The third-order valence-corrected chi connectivity index (χ3v) is 4.25. The summed E-state index contributed by atoms with van der Waals surface area (Å²) < 4.78 is 10.4. The second kappa shape index (κ2) is 16.8. The van der Waals surface area contributed by atoms with Gasteiger partial charge in [0, 0.05) is 12.8 Å². The Morgan fingerprint density at radius 1 is 0.750 bits per heavy atom. The molecule has 0 aromatic carbocycles. The third kappa shape index (κ3) is 15.8. The number of esters is 2. The van der Waals surface area contributed by atoms with E-state index in [0.29, 0.717) is 32.0 Å². The zero-order valence-electron chi connectivity index (χ0n) is 16.1. The first kappa shape index (κ1) is 22.9. The highest BCUT2D eigenvalue weighted by atomic mass is 16.5. The average Bonchev–Trinajstić information content (AvgIpc) is 2.58. The van der Waals surface area contributed by atoms with Crippen molar-refractivity contribution in [3.8, 4) is 0 Å². The van der Waals surface area contributed by atoms with E-state index < -0.39 is 0 Å². The molecule has 0 saturated carbocycles. The zero-order chi connectivity index (χ0) is 18.0. The van der Waals surface area contributed by atoms with Crippen molar-refractivity contribution in [2.75, 3.05) is 13.2 Å². The minimum absolute atomic E-state index is 0.0600. The van der Waals surface area contributed by atoms with E-state index in [2.05, 4.69) is 20.8 Å². The Bertz CT molecular complexity index is 315. The molecule has 142 valence electrons. The van der Waals surface area contributed by atoms with Gasteiger partial charge in [-0.3, -0.25) is 9.59 Å². The second-order valence-corrected chi connectivity index (χ2v) is 6.75. The largest absolute Gasteiger partial charge is 0.466 e. The van der Waals surface area contributed by atoms with Crippen LogP contribution in [-0.4, -0.2) is 25.2 Å². The molecule has 1 atom stereocenters. The molecule has 0 aliphatic carbocycles. The molecular weight excluding hydrogens is 304 g/mol. The monoisotopic (exact) mass is 342 g/mol. The Labute approximate surface area is 148 Å². The second-order valence-electron chi connectivity index (χ2n) is 6.75. The zero-order valence-corrected chi connectivity index (χ0v) is 16.1. The van der Waals surface area contributed by atoms with Crippen LogP contribution in [0.2, 0.25) is 0 Å². The van der Waals surface area contributed by atoms with Crippen LogP contribution in [0.5, 0.6) is 0 Å². The molecule has 0 aliphatic heterocycles. The Morgan fingerprint density at radius 3 is 1.83 bits per heavy atom. The molecule has 4 nitrogen and oxygen atoms in total. The highest BCUT2D eigenvalue weighted by Gasteiger charge is 2.06. The van der Waals surface area contributed by atoms with Gasteiger partial charge in [-0.15, -0.1) is 0 Å². The van der Waals surface area contributed by atoms with Gasteiger partial charge >= 0.3 is 11.9 Å². The molecule has 1 unspecified atom stereocenters. The van der Waals surface area contributed by atoms with Crippen molar-refractivity contribution < 1.29 is 19.1 Å². The van der Waals surface area contributed by atoms with Crippen LogP contribution in [0.25, 0.3) is 0 Å². The van der Waals surface area contributed by atoms with Gasteiger partial charge in [0.05, 0.1) is 13.2 Å². The first-order chi connectivity index (χ1) is 11.6. The van der Waals surface area contributed by atoms with Crippen LogP contribution in [0.15, 0.2) is 0 Å². The number of hydrogen-bond acceptors (Lipinski definition) is 4. The quantitative estimate of drug-likeness (QED) is 0.277. The lowest BCUT2D eigenvalue weighted by atomic mass is 10.1. The Hall–Kier alpha value is -1.06. The minimum atomic E-state index is -0.0684. The molecule has 0 N–H and O–H groups in total. The topological polar surface area (TPSA) is 52.6 Å². The summed E-state index contributed by atoms with van der Waals surface area (Å²) in [4.78, 5) is 23.0. The standard InChI is InChI=1S/C20H38O4/c1-4-6-13-16-23-19(21)14-11-9-7-8-10-12-15-20(22)24-17-18(3)5-2/h18H,4-17H2,1-3H3. The lowest BCUT2D eigenvalue weighted by Gasteiger charge is -2.09. The number of unbranched alkanes of at least 4 members (excludes halogenated alkanes) is 7. The van der Waals surface area contributed by atoms with Crippen LogP contribution in [0.3, 0.4) is 0 Å². The van der Waals surface area contributed by atoms with E-state index in [1.54, 1.807) is 0 Å². The molecule has 0 amide bonds. The maximum atomic E-state index is 11.5. The predicted octanol–water partition coefficient (Wildman–Crippen LogP) is 5.43. The van der Waals surface area contributed by atoms with Gasteiger partial charge < -0.3 is 9.47 Å². The van der Waals surface area contributed by atoms with Crippen LogP contribution in [0, 0.1) is 5.92 Å². The van der Waals surface area contributed by atoms with E-state index in [9.17, 15) is 9.59 Å². The van der Waals surface area contributed by atoms with E-state index in [1.165, 1.54) is 0 Å².